The Morgan fingerprint density at radius 2 is 1.86 bits per heavy atom. The summed E-state index contributed by atoms with van der Waals surface area (Å²) in [5, 5.41) is 16.0. The average molecular weight is 127 g/mol. The molecule has 0 aromatic carbocycles. The Bertz CT molecular complexity index is 44.7. The number of nitriles is 1. The summed E-state index contributed by atoms with van der Waals surface area (Å²) in [6.07, 6.45) is 0. The van der Waals surface area contributed by atoms with Crippen molar-refractivity contribution in [2.75, 3.05) is 6.61 Å². The maximum atomic E-state index is 7.57. The number of rotatable bonds is 0. The minimum absolute atomic E-state index is 0. The number of hydrogen-bond acceptors (Lipinski definition) is 3. The summed E-state index contributed by atoms with van der Waals surface area (Å²) >= 11 is 3.70. The van der Waals surface area contributed by atoms with Gasteiger partial charge in [-0.3, -0.25) is 0 Å². The summed E-state index contributed by atoms with van der Waals surface area (Å²) < 4.78 is 0. The molecule has 1 N–H and O–H groups in total. The van der Waals surface area contributed by atoms with Crippen LogP contribution in [0.1, 0.15) is 6.92 Å². The molecule has 4 heteroatoms. The first-order valence-electron chi connectivity index (χ1n) is 1.45. The predicted octanol–water partition coefficient (Wildman–Crippen LogP) is -2.98. The third-order valence-electron chi connectivity index (χ3n) is 0. The van der Waals surface area contributed by atoms with Crippen LogP contribution in [0.15, 0.2) is 0 Å². The van der Waals surface area contributed by atoms with Crippen molar-refractivity contribution >= 4 is 12.6 Å². The van der Waals surface area contributed by atoms with Crippen LogP contribution in [-0.2, 0) is 12.6 Å². The minimum Gasteiger partial charge on any atom is -0.696 e. The second-order valence-corrected chi connectivity index (χ2v) is 0.590. The summed E-state index contributed by atoms with van der Waals surface area (Å²) in [5.74, 6) is 0. The Morgan fingerprint density at radius 1 is 1.86 bits per heavy atom. The molecule has 0 saturated carbocycles. The van der Waals surface area contributed by atoms with Gasteiger partial charge in [-0.05, 0) is 6.92 Å². The third kappa shape index (κ3) is 324. The van der Waals surface area contributed by atoms with Gasteiger partial charge in [0.2, 0.25) is 0 Å². The van der Waals surface area contributed by atoms with Gasteiger partial charge in [0.25, 0.3) is 0 Å². The van der Waals surface area contributed by atoms with Gasteiger partial charge in [-0.25, -0.2) is 5.26 Å². The second-order valence-electron chi connectivity index (χ2n) is 0.408. The van der Waals surface area contributed by atoms with Crippen molar-refractivity contribution in [3.63, 3.8) is 0 Å². The maximum Gasteiger partial charge on any atom is 1.00 e. The van der Waals surface area contributed by atoms with Crippen LogP contribution in [0.5, 0.6) is 0 Å². The van der Waals surface area contributed by atoms with E-state index in [1.165, 1.54) is 5.40 Å². The van der Waals surface area contributed by atoms with Gasteiger partial charge in [-0.1, -0.05) is 5.40 Å². The van der Waals surface area contributed by atoms with Crippen LogP contribution < -0.4 is 29.6 Å². The van der Waals surface area contributed by atoms with Gasteiger partial charge in [0, 0.05) is 6.61 Å². The van der Waals surface area contributed by atoms with E-state index in [-0.39, 0.29) is 36.2 Å². The number of thiocyanates is 1. The molecule has 36 valence electrons. The van der Waals surface area contributed by atoms with E-state index in [0.29, 0.717) is 0 Å². The molecule has 0 unspecified atom stereocenters. The second kappa shape index (κ2) is 30.1. The van der Waals surface area contributed by atoms with Gasteiger partial charge in [0.05, 0.1) is 0 Å². The summed E-state index contributed by atoms with van der Waals surface area (Å²) in [5.41, 5.74) is 0. The van der Waals surface area contributed by atoms with Gasteiger partial charge in [-0.2, -0.15) is 0 Å². The molecule has 0 spiro atoms. The molecular formula is C3H6NNaOS. The van der Waals surface area contributed by atoms with E-state index in [1.807, 2.05) is 0 Å². The molecule has 0 aromatic rings. The Balaban J connectivity index is -0.0000000400. The van der Waals surface area contributed by atoms with E-state index >= 15 is 0 Å². The van der Waals surface area contributed by atoms with Crippen LogP contribution >= 0.6 is 0 Å². The van der Waals surface area contributed by atoms with E-state index in [4.69, 9.17) is 10.4 Å². The molecule has 0 bridgehead atoms. The standard InChI is InChI=1S/C2H6O.CHNS.Na/c1-2-3;2-1-3;/h3H,2H2,1H3;3H;/q;;+1/p-1. The Labute approximate surface area is 71.2 Å². The quantitative estimate of drug-likeness (QED) is 0.214. The molecule has 0 fully saturated rings. The van der Waals surface area contributed by atoms with Crippen LogP contribution in [0.25, 0.3) is 0 Å². The first-order chi connectivity index (χ1) is 2.83. The first kappa shape index (κ1) is 15.6. The fraction of sp³-hybridized carbons (Fsp3) is 0.667. The van der Waals surface area contributed by atoms with Gasteiger partial charge >= 0.3 is 29.6 Å². The zero-order chi connectivity index (χ0) is 5.41. The van der Waals surface area contributed by atoms with E-state index < -0.39 is 0 Å². The van der Waals surface area contributed by atoms with E-state index in [0.717, 1.165) is 0 Å². The fourth-order valence-corrected chi connectivity index (χ4v) is 0. The Kier molecular flexibility index (Phi) is 67.2. The Hall–Kier alpha value is 0.670. The molecule has 0 aliphatic rings. The van der Waals surface area contributed by atoms with E-state index in [2.05, 4.69) is 12.6 Å². The SMILES string of the molecule is CCO.N#C[S-].[Na+]. The molecular weight excluding hydrogens is 121 g/mol. The van der Waals surface area contributed by atoms with Gasteiger partial charge < -0.3 is 17.7 Å². The molecule has 0 saturated heterocycles. The van der Waals surface area contributed by atoms with Crippen LogP contribution in [0, 0.1) is 10.7 Å². The van der Waals surface area contributed by atoms with Crippen molar-refractivity contribution in [3.05, 3.63) is 0 Å². The molecule has 7 heavy (non-hydrogen) atoms. The predicted molar refractivity (Wildman–Crippen MR) is 25.7 cm³/mol. The van der Waals surface area contributed by atoms with Crippen molar-refractivity contribution in [1.29, 1.82) is 5.26 Å². The molecule has 0 atom stereocenters. The van der Waals surface area contributed by atoms with E-state index in [9.17, 15) is 0 Å². The van der Waals surface area contributed by atoms with Crippen LogP contribution in [0.2, 0.25) is 0 Å². The average Bonchev–Trinajstić information content (AvgIpc) is 1.39. The summed E-state index contributed by atoms with van der Waals surface area (Å²) in [6.45, 7) is 1.93. The van der Waals surface area contributed by atoms with Gasteiger partial charge in [0.15, 0.2) is 0 Å². The van der Waals surface area contributed by atoms with Gasteiger partial charge in [-0.15, -0.1) is 0 Å². The molecule has 0 aliphatic heterocycles. The van der Waals surface area contributed by atoms with Crippen molar-refractivity contribution < 1.29 is 34.7 Å². The topological polar surface area (TPSA) is 44.0 Å². The zero-order valence-corrected chi connectivity index (χ0v) is 7.33. The van der Waals surface area contributed by atoms with Crippen LogP contribution in [0.3, 0.4) is 0 Å². The molecule has 2 nitrogen and oxygen atoms in total. The number of aliphatic hydroxyl groups is 1. The summed E-state index contributed by atoms with van der Waals surface area (Å²) in [7, 11) is 0. The van der Waals surface area contributed by atoms with Crippen LogP contribution in [-0.4, -0.2) is 11.7 Å². The van der Waals surface area contributed by atoms with Crippen molar-refractivity contribution in [1.82, 2.24) is 0 Å². The minimum atomic E-state index is 0. The normalized spacial score (nSPS) is 3.57. The summed E-state index contributed by atoms with van der Waals surface area (Å²) in [6, 6.07) is 0. The van der Waals surface area contributed by atoms with Gasteiger partial charge in [0.1, 0.15) is 0 Å². The molecule has 0 heterocycles. The van der Waals surface area contributed by atoms with Crippen molar-refractivity contribution in [2.45, 2.75) is 6.92 Å². The number of hydrogen-bond donors (Lipinski definition) is 1. The molecule has 0 amide bonds. The molecule has 0 rings (SSSR count). The zero-order valence-electron chi connectivity index (χ0n) is 4.51. The maximum absolute atomic E-state index is 7.57. The number of aliphatic hydroxyl groups excluding tert-OH is 1. The Morgan fingerprint density at radius 3 is 1.86 bits per heavy atom. The first-order valence-corrected chi connectivity index (χ1v) is 1.86. The largest absolute Gasteiger partial charge is 1.00 e. The third-order valence-corrected chi connectivity index (χ3v) is 0. The number of nitrogens with zero attached hydrogens (tertiary/aromatic N) is 1. The molecule has 0 aromatic heterocycles. The summed E-state index contributed by atoms with van der Waals surface area (Å²) in [4.78, 5) is 0. The monoisotopic (exact) mass is 127 g/mol. The van der Waals surface area contributed by atoms with Crippen molar-refractivity contribution in [2.24, 2.45) is 0 Å². The fourth-order valence-electron chi connectivity index (χ4n) is 0. The molecule has 0 aliphatic carbocycles. The smallest absolute Gasteiger partial charge is 0.696 e. The van der Waals surface area contributed by atoms with E-state index in [1.54, 1.807) is 6.92 Å². The van der Waals surface area contributed by atoms with Crippen LogP contribution in [0.4, 0.5) is 0 Å². The van der Waals surface area contributed by atoms with Crippen molar-refractivity contribution in [3.8, 4) is 5.40 Å². The molecule has 0 radical (unpaired) electrons.